The highest BCUT2D eigenvalue weighted by molar-refractivity contribution is 5.77. The molecule has 0 bridgehead atoms. The number of likely N-dealkylation sites (tertiary alicyclic amines) is 1. The maximum Gasteiger partial charge on any atom is 0.222 e. The van der Waals surface area contributed by atoms with Crippen molar-refractivity contribution < 1.29 is 9.59 Å². The van der Waals surface area contributed by atoms with Gasteiger partial charge in [0.2, 0.25) is 11.8 Å². The van der Waals surface area contributed by atoms with E-state index in [0.717, 1.165) is 32.2 Å². The van der Waals surface area contributed by atoms with Crippen LogP contribution in [0.5, 0.6) is 0 Å². The molecule has 1 fully saturated rings. The Labute approximate surface area is 104 Å². The highest BCUT2D eigenvalue weighted by atomic mass is 16.2. The van der Waals surface area contributed by atoms with E-state index in [1.165, 1.54) is 0 Å². The molecule has 0 radical (unpaired) electrons. The molecule has 1 saturated heterocycles. The van der Waals surface area contributed by atoms with Gasteiger partial charge in [-0.3, -0.25) is 9.59 Å². The monoisotopic (exact) mass is 240 g/mol. The third kappa shape index (κ3) is 5.20. The van der Waals surface area contributed by atoms with E-state index in [-0.39, 0.29) is 11.8 Å². The van der Waals surface area contributed by atoms with Gasteiger partial charge in [-0.2, -0.15) is 0 Å². The van der Waals surface area contributed by atoms with Gasteiger partial charge in [-0.05, 0) is 25.2 Å². The zero-order chi connectivity index (χ0) is 12.7. The average molecular weight is 240 g/mol. The quantitative estimate of drug-likeness (QED) is 0.767. The van der Waals surface area contributed by atoms with Crippen LogP contribution in [0.3, 0.4) is 0 Å². The molecule has 2 amide bonds. The smallest absolute Gasteiger partial charge is 0.222 e. The van der Waals surface area contributed by atoms with Crippen molar-refractivity contribution in [2.24, 2.45) is 11.7 Å². The van der Waals surface area contributed by atoms with Gasteiger partial charge in [0.25, 0.3) is 0 Å². The Morgan fingerprint density at radius 2 is 2.29 bits per heavy atom. The van der Waals surface area contributed by atoms with Crippen LogP contribution in [-0.4, -0.2) is 29.8 Å². The van der Waals surface area contributed by atoms with Crippen molar-refractivity contribution in [3.05, 3.63) is 0 Å². The Morgan fingerprint density at radius 3 is 2.94 bits per heavy atom. The normalized spacial score (nSPS) is 21.4. The van der Waals surface area contributed by atoms with E-state index >= 15 is 0 Å². The number of hydrogen-bond donors (Lipinski definition) is 1. The van der Waals surface area contributed by atoms with E-state index in [4.69, 9.17) is 5.73 Å². The lowest BCUT2D eigenvalue weighted by molar-refractivity contribution is -0.131. The second-order valence-electron chi connectivity index (χ2n) is 4.95. The van der Waals surface area contributed by atoms with E-state index in [1.54, 1.807) is 0 Å². The third-order valence-corrected chi connectivity index (χ3v) is 3.40. The fourth-order valence-electron chi connectivity index (χ4n) is 2.51. The number of primary amides is 1. The lowest BCUT2D eigenvalue weighted by Gasteiger charge is -2.20. The van der Waals surface area contributed by atoms with Gasteiger partial charge in [0.05, 0.1) is 0 Å². The minimum absolute atomic E-state index is 0.255. The summed E-state index contributed by atoms with van der Waals surface area (Å²) >= 11 is 0. The number of carbonyl (C=O) groups excluding carboxylic acids is 2. The van der Waals surface area contributed by atoms with Crippen molar-refractivity contribution in [3.8, 4) is 0 Å². The van der Waals surface area contributed by atoms with Crippen LogP contribution in [0.2, 0.25) is 0 Å². The van der Waals surface area contributed by atoms with E-state index < -0.39 is 0 Å². The summed E-state index contributed by atoms with van der Waals surface area (Å²) in [5.74, 6) is 0.537. The Morgan fingerprint density at radius 1 is 1.53 bits per heavy atom. The summed E-state index contributed by atoms with van der Waals surface area (Å²) in [5.41, 5.74) is 5.09. The second kappa shape index (κ2) is 7.30. The van der Waals surface area contributed by atoms with Gasteiger partial charge >= 0.3 is 0 Å². The molecule has 0 aromatic carbocycles. The van der Waals surface area contributed by atoms with Gasteiger partial charge in [0.15, 0.2) is 0 Å². The van der Waals surface area contributed by atoms with Crippen LogP contribution in [0, 0.1) is 5.92 Å². The van der Waals surface area contributed by atoms with E-state index in [0.29, 0.717) is 31.7 Å². The van der Waals surface area contributed by atoms with Crippen molar-refractivity contribution in [2.75, 3.05) is 13.1 Å². The molecule has 0 spiro atoms. The lowest BCUT2D eigenvalue weighted by Crippen LogP contribution is -2.32. The van der Waals surface area contributed by atoms with Crippen LogP contribution in [-0.2, 0) is 9.59 Å². The first-order chi connectivity index (χ1) is 8.13. The van der Waals surface area contributed by atoms with Crippen molar-refractivity contribution in [1.29, 1.82) is 0 Å². The molecule has 98 valence electrons. The van der Waals surface area contributed by atoms with Crippen molar-refractivity contribution in [1.82, 2.24) is 4.90 Å². The van der Waals surface area contributed by atoms with Crippen molar-refractivity contribution >= 4 is 11.8 Å². The standard InChI is InChI=1S/C13H24N2O2/c1-2-5-11-6-3-8-15(13(17)10-11)9-4-7-12(14)16/h11H,2-10H2,1H3,(H2,14,16). The average Bonchev–Trinajstić information content (AvgIpc) is 2.41. The minimum Gasteiger partial charge on any atom is -0.370 e. The fourth-order valence-corrected chi connectivity index (χ4v) is 2.51. The number of rotatable bonds is 6. The molecule has 0 aromatic heterocycles. The number of amides is 2. The summed E-state index contributed by atoms with van der Waals surface area (Å²) in [5, 5.41) is 0. The van der Waals surface area contributed by atoms with Gasteiger partial charge in [-0.1, -0.05) is 19.8 Å². The third-order valence-electron chi connectivity index (χ3n) is 3.40. The van der Waals surface area contributed by atoms with Gasteiger partial charge in [-0.25, -0.2) is 0 Å². The molecule has 17 heavy (non-hydrogen) atoms. The Hall–Kier alpha value is -1.06. The van der Waals surface area contributed by atoms with E-state index in [9.17, 15) is 9.59 Å². The molecule has 1 rings (SSSR count). The van der Waals surface area contributed by atoms with Crippen LogP contribution in [0.15, 0.2) is 0 Å². The van der Waals surface area contributed by atoms with Gasteiger partial charge in [0, 0.05) is 25.9 Å². The summed E-state index contributed by atoms with van der Waals surface area (Å²) in [4.78, 5) is 24.5. The van der Waals surface area contributed by atoms with E-state index in [1.807, 2.05) is 4.90 Å². The largest absolute Gasteiger partial charge is 0.370 e. The molecule has 4 nitrogen and oxygen atoms in total. The molecule has 1 aliphatic heterocycles. The van der Waals surface area contributed by atoms with Crippen LogP contribution in [0.4, 0.5) is 0 Å². The molecule has 0 aliphatic carbocycles. The van der Waals surface area contributed by atoms with Crippen LogP contribution >= 0.6 is 0 Å². The fraction of sp³-hybridized carbons (Fsp3) is 0.846. The second-order valence-corrected chi connectivity index (χ2v) is 4.95. The van der Waals surface area contributed by atoms with Crippen LogP contribution < -0.4 is 5.73 Å². The molecule has 1 atom stereocenters. The first-order valence-electron chi connectivity index (χ1n) is 6.69. The Bertz CT molecular complexity index is 266. The summed E-state index contributed by atoms with van der Waals surface area (Å²) in [6.07, 6.45) is 6.31. The summed E-state index contributed by atoms with van der Waals surface area (Å²) in [6.45, 7) is 3.69. The molecular weight excluding hydrogens is 216 g/mol. The van der Waals surface area contributed by atoms with Crippen molar-refractivity contribution in [3.63, 3.8) is 0 Å². The molecule has 0 saturated carbocycles. The van der Waals surface area contributed by atoms with Gasteiger partial charge in [0.1, 0.15) is 0 Å². The van der Waals surface area contributed by atoms with Gasteiger partial charge in [-0.15, -0.1) is 0 Å². The number of nitrogens with zero attached hydrogens (tertiary/aromatic N) is 1. The minimum atomic E-state index is -0.281. The molecule has 0 aromatic rings. The highest BCUT2D eigenvalue weighted by Gasteiger charge is 2.22. The molecule has 1 unspecified atom stereocenters. The van der Waals surface area contributed by atoms with Crippen molar-refractivity contribution in [2.45, 2.75) is 51.9 Å². The number of carbonyl (C=O) groups is 2. The predicted octanol–water partition coefficient (Wildman–Crippen LogP) is 1.68. The first kappa shape index (κ1) is 14.0. The number of hydrogen-bond acceptors (Lipinski definition) is 2. The molecule has 4 heteroatoms. The number of nitrogens with two attached hydrogens (primary N) is 1. The molecule has 2 N–H and O–H groups in total. The van der Waals surface area contributed by atoms with Gasteiger partial charge < -0.3 is 10.6 Å². The molecular formula is C13H24N2O2. The first-order valence-corrected chi connectivity index (χ1v) is 6.69. The zero-order valence-electron chi connectivity index (χ0n) is 10.8. The highest BCUT2D eigenvalue weighted by Crippen LogP contribution is 2.22. The molecule has 1 aliphatic rings. The summed E-state index contributed by atoms with van der Waals surface area (Å²) in [6, 6.07) is 0. The summed E-state index contributed by atoms with van der Waals surface area (Å²) < 4.78 is 0. The van der Waals surface area contributed by atoms with Crippen LogP contribution in [0.25, 0.3) is 0 Å². The predicted molar refractivity (Wildman–Crippen MR) is 67.3 cm³/mol. The summed E-state index contributed by atoms with van der Waals surface area (Å²) in [7, 11) is 0. The zero-order valence-corrected chi connectivity index (χ0v) is 10.8. The topological polar surface area (TPSA) is 63.4 Å². The molecule has 1 heterocycles. The Kier molecular flexibility index (Phi) is 6.01. The van der Waals surface area contributed by atoms with Crippen LogP contribution in [0.1, 0.15) is 51.9 Å². The maximum absolute atomic E-state index is 12.0. The van der Waals surface area contributed by atoms with E-state index in [2.05, 4.69) is 6.92 Å². The Balaban J connectivity index is 2.35. The lowest BCUT2D eigenvalue weighted by atomic mass is 9.95. The maximum atomic E-state index is 12.0. The SMILES string of the molecule is CCCC1CCCN(CCCC(N)=O)C(=O)C1.